The van der Waals surface area contributed by atoms with Crippen molar-refractivity contribution >= 4 is 23.6 Å². The second-order valence-electron chi connectivity index (χ2n) is 10.2. The number of para-hydroxylation sites is 1. The molecule has 204 valence electrons. The van der Waals surface area contributed by atoms with E-state index in [1.165, 1.54) is 21.9 Å². The van der Waals surface area contributed by atoms with Gasteiger partial charge in [-0.25, -0.2) is 18.0 Å². The van der Waals surface area contributed by atoms with E-state index in [4.69, 9.17) is 0 Å². The number of hydrogen-bond donors (Lipinski definition) is 2. The lowest BCUT2D eigenvalue weighted by Gasteiger charge is -2.41. The van der Waals surface area contributed by atoms with E-state index < -0.39 is 35.7 Å². The van der Waals surface area contributed by atoms with Gasteiger partial charge < -0.3 is 20.2 Å². The molecule has 3 amide bonds. The van der Waals surface area contributed by atoms with Crippen LogP contribution in [0.5, 0.6) is 0 Å². The molecular weight excluding hydrogens is 499 g/mol. The van der Waals surface area contributed by atoms with Crippen LogP contribution in [-0.4, -0.2) is 53.0 Å². The Labute approximate surface area is 219 Å². The van der Waals surface area contributed by atoms with Gasteiger partial charge in [0.15, 0.2) is 0 Å². The summed E-state index contributed by atoms with van der Waals surface area (Å²) < 4.78 is 41.6. The van der Waals surface area contributed by atoms with Gasteiger partial charge in [-0.15, -0.1) is 0 Å². The van der Waals surface area contributed by atoms with Crippen molar-refractivity contribution in [3.8, 4) is 0 Å². The third-order valence-corrected chi connectivity index (χ3v) is 7.59. The second kappa shape index (κ2) is 11.4. The summed E-state index contributed by atoms with van der Waals surface area (Å²) in [5.74, 6) is -4.90. The van der Waals surface area contributed by atoms with Crippen LogP contribution >= 0.6 is 0 Å². The number of aliphatic carboxylic acids is 1. The van der Waals surface area contributed by atoms with Gasteiger partial charge in [0, 0.05) is 50.6 Å². The lowest BCUT2D eigenvalue weighted by molar-refractivity contribution is -0.154. The number of halogens is 3. The number of carboxylic acid groups (broad SMARTS) is 1. The number of carboxylic acids is 1. The molecule has 1 unspecified atom stereocenters. The van der Waals surface area contributed by atoms with Gasteiger partial charge in [-0.05, 0) is 55.5 Å². The normalized spacial score (nSPS) is 20.4. The molecule has 1 aliphatic carbocycles. The van der Waals surface area contributed by atoms with Crippen LogP contribution in [0.2, 0.25) is 0 Å². The number of rotatable bonds is 7. The monoisotopic (exact) mass is 531 g/mol. The first-order valence-corrected chi connectivity index (χ1v) is 12.8. The highest BCUT2D eigenvalue weighted by Crippen LogP contribution is 2.40. The molecule has 1 saturated heterocycles. The number of nitrogens with zero attached hydrogens (tertiary/aromatic N) is 2. The summed E-state index contributed by atoms with van der Waals surface area (Å²) >= 11 is 0. The predicted molar refractivity (Wildman–Crippen MR) is 135 cm³/mol. The van der Waals surface area contributed by atoms with Crippen LogP contribution in [-0.2, 0) is 16.1 Å². The minimum absolute atomic E-state index is 0.0570. The quantitative estimate of drug-likeness (QED) is 0.514. The molecule has 0 bridgehead atoms. The Morgan fingerprint density at radius 2 is 1.66 bits per heavy atom. The summed E-state index contributed by atoms with van der Waals surface area (Å²) in [6.45, 7) is 0.444. The fourth-order valence-electron chi connectivity index (χ4n) is 5.38. The van der Waals surface area contributed by atoms with Gasteiger partial charge in [-0.1, -0.05) is 30.3 Å². The van der Waals surface area contributed by atoms with Crippen molar-refractivity contribution < 1.29 is 32.7 Å². The van der Waals surface area contributed by atoms with Gasteiger partial charge in [-0.3, -0.25) is 9.59 Å². The molecule has 1 atom stereocenters. The zero-order valence-corrected chi connectivity index (χ0v) is 21.0. The fourth-order valence-corrected chi connectivity index (χ4v) is 5.38. The van der Waals surface area contributed by atoms with Gasteiger partial charge in [0.05, 0.1) is 5.41 Å². The van der Waals surface area contributed by atoms with E-state index in [1.54, 1.807) is 42.5 Å². The predicted octanol–water partition coefficient (Wildman–Crippen LogP) is 5.20. The highest BCUT2D eigenvalue weighted by molar-refractivity contribution is 5.97. The molecule has 0 radical (unpaired) electrons. The zero-order valence-electron chi connectivity index (χ0n) is 21.0. The number of nitrogens with one attached hydrogen (secondary N) is 1. The van der Waals surface area contributed by atoms with Crippen molar-refractivity contribution in [1.82, 2.24) is 10.2 Å². The Bertz CT molecular complexity index is 1140. The third kappa shape index (κ3) is 6.46. The molecule has 2 aromatic rings. The highest BCUT2D eigenvalue weighted by atomic mass is 19.3. The molecule has 2 N–H and O–H groups in total. The van der Waals surface area contributed by atoms with E-state index in [1.807, 2.05) is 0 Å². The van der Waals surface area contributed by atoms with Gasteiger partial charge in [-0.2, -0.15) is 0 Å². The van der Waals surface area contributed by atoms with Crippen LogP contribution in [0.3, 0.4) is 0 Å². The van der Waals surface area contributed by atoms with E-state index in [-0.39, 0.29) is 63.6 Å². The van der Waals surface area contributed by atoms with Gasteiger partial charge >= 0.3 is 12.0 Å². The van der Waals surface area contributed by atoms with Crippen LogP contribution in [0.15, 0.2) is 54.6 Å². The van der Waals surface area contributed by atoms with Crippen LogP contribution in [0.1, 0.15) is 50.5 Å². The smallest absolute Gasteiger partial charge is 0.317 e. The second-order valence-corrected chi connectivity index (χ2v) is 10.2. The first-order valence-electron chi connectivity index (χ1n) is 12.8. The van der Waals surface area contributed by atoms with Crippen LogP contribution in [0.4, 0.5) is 23.7 Å². The number of anilines is 1. The van der Waals surface area contributed by atoms with Gasteiger partial charge in [0.2, 0.25) is 11.8 Å². The first kappa shape index (κ1) is 27.5. The number of piperidine rings is 1. The molecule has 7 nitrogen and oxygen atoms in total. The maximum absolute atomic E-state index is 14.3. The topological polar surface area (TPSA) is 90.0 Å². The maximum atomic E-state index is 14.3. The van der Waals surface area contributed by atoms with E-state index in [0.717, 1.165) is 5.56 Å². The van der Waals surface area contributed by atoms with Gasteiger partial charge in [0.25, 0.3) is 0 Å². The highest BCUT2D eigenvalue weighted by Gasteiger charge is 2.47. The number of carbonyl (C=O) groups is 3. The summed E-state index contributed by atoms with van der Waals surface area (Å²) in [7, 11) is 0. The standard InChI is InChI=1S/C28H32F3N3O4/c29-21-10-8-20(9-11-21)19-32-26(38)33-15-13-27(14-16-33,25(36)37)18-24(35)34(22-5-2-1-3-6-22)23-7-4-12-28(30,31)17-23/h1-3,5-6,8-11,23H,4,7,12-19H2,(H,32,38)(H,36,37). The summed E-state index contributed by atoms with van der Waals surface area (Å²) in [5.41, 5.74) is -0.218. The maximum Gasteiger partial charge on any atom is 0.317 e. The van der Waals surface area contributed by atoms with Crippen molar-refractivity contribution in [2.24, 2.45) is 5.41 Å². The van der Waals surface area contributed by atoms with E-state index in [9.17, 15) is 32.7 Å². The van der Waals surface area contributed by atoms with Crippen molar-refractivity contribution in [3.05, 3.63) is 66.0 Å². The number of amides is 3. The first-order chi connectivity index (χ1) is 18.1. The van der Waals surface area contributed by atoms with Crippen LogP contribution in [0.25, 0.3) is 0 Å². The number of hydrogen-bond acceptors (Lipinski definition) is 3. The van der Waals surface area contributed by atoms with Crippen LogP contribution in [0, 0.1) is 11.2 Å². The molecule has 1 aliphatic heterocycles. The molecule has 2 aromatic carbocycles. The Morgan fingerprint density at radius 3 is 2.26 bits per heavy atom. The molecule has 0 spiro atoms. The van der Waals surface area contributed by atoms with Gasteiger partial charge in [0.1, 0.15) is 5.82 Å². The minimum atomic E-state index is -2.88. The average molecular weight is 532 g/mol. The minimum Gasteiger partial charge on any atom is -0.481 e. The van der Waals surface area contributed by atoms with Crippen molar-refractivity contribution in [3.63, 3.8) is 0 Å². The van der Waals surface area contributed by atoms with E-state index in [0.29, 0.717) is 12.1 Å². The fraction of sp³-hybridized carbons (Fsp3) is 0.464. The zero-order chi connectivity index (χ0) is 27.3. The summed E-state index contributed by atoms with van der Waals surface area (Å²) in [5, 5.41) is 12.9. The molecule has 1 saturated carbocycles. The SMILES string of the molecule is O=C(NCc1ccc(F)cc1)N1CCC(CC(=O)N(c2ccccc2)C2CCCC(F)(F)C2)(C(=O)O)CC1. The van der Waals surface area contributed by atoms with E-state index in [2.05, 4.69) is 5.32 Å². The Hall–Kier alpha value is -3.56. The molecule has 1 heterocycles. The number of likely N-dealkylation sites (tertiary alicyclic amines) is 1. The molecule has 38 heavy (non-hydrogen) atoms. The molecule has 4 rings (SSSR count). The van der Waals surface area contributed by atoms with Crippen LogP contribution < -0.4 is 10.2 Å². The third-order valence-electron chi connectivity index (χ3n) is 7.59. The summed E-state index contributed by atoms with van der Waals surface area (Å²) in [6, 6.07) is 13.2. The van der Waals surface area contributed by atoms with Crippen molar-refractivity contribution in [2.45, 2.75) is 63.5 Å². The number of carbonyl (C=O) groups excluding carboxylic acids is 2. The molecular formula is C28H32F3N3O4. The molecule has 10 heteroatoms. The number of alkyl halides is 2. The number of benzene rings is 2. The Morgan fingerprint density at radius 1 is 1.00 bits per heavy atom. The molecule has 2 aliphatic rings. The van der Waals surface area contributed by atoms with Crippen molar-refractivity contribution in [2.75, 3.05) is 18.0 Å². The van der Waals surface area contributed by atoms with Crippen molar-refractivity contribution in [1.29, 1.82) is 0 Å². The lowest BCUT2D eigenvalue weighted by atomic mass is 9.75. The Kier molecular flexibility index (Phi) is 8.28. The number of urea groups is 1. The summed E-state index contributed by atoms with van der Waals surface area (Å²) in [4.78, 5) is 41.6. The largest absolute Gasteiger partial charge is 0.481 e. The lowest BCUT2D eigenvalue weighted by Crippen LogP contribution is -2.52. The average Bonchev–Trinajstić information content (AvgIpc) is 2.89. The molecule has 0 aromatic heterocycles. The Balaban J connectivity index is 1.43. The summed E-state index contributed by atoms with van der Waals surface area (Å²) in [6.07, 6.45) is -0.222. The van der Waals surface area contributed by atoms with E-state index >= 15 is 0 Å². The molecule has 2 fully saturated rings.